The normalized spacial score (nSPS) is 17.3. The minimum Gasteiger partial charge on any atom is -0.508 e. The fraction of sp³-hybridized carbons (Fsp3) is 0.710. The highest BCUT2D eigenvalue weighted by molar-refractivity contribution is 7.99. The zero-order valence-electron chi connectivity index (χ0n) is 25.8. The monoisotopic (exact) mass is 556 g/mol. The average Bonchev–Trinajstić information content (AvgIpc) is 2.77. The van der Waals surface area contributed by atoms with Crippen LogP contribution in [0.5, 0.6) is 5.75 Å². The second-order valence-corrected chi connectivity index (χ2v) is 14.6. The van der Waals surface area contributed by atoms with Crippen LogP contribution in [0.3, 0.4) is 0 Å². The Bertz CT molecular complexity index is 1080. The van der Waals surface area contributed by atoms with Crippen LogP contribution >= 0.6 is 11.8 Å². The van der Waals surface area contributed by atoms with Crippen LogP contribution in [-0.4, -0.2) is 42.9 Å². The maximum atomic E-state index is 10.6. The van der Waals surface area contributed by atoms with Crippen molar-refractivity contribution in [3.8, 4) is 5.75 Å². The molecule has 0 bridgehead atoms. The molecule has 1 aliphatic heterocycles. The van der Waals surface area contributed by atoms with E-state index in [0.717, 1.165) is 47.0 Å². The number of benzene rings is 1. The number of aryl methyl sites for hydroxylation is 1. The van der Waals surface area contributed by atoms with E-state index in [9.17, 15) is 5.11 Å². The molecule has 4 N–H and O–H groups in total. The summed E-state index contributed by atoms with van der Waals surface area (Å²) >= 11 is 1.70. The number of aromatic hydroxyl groups is 1. The molecular weight excluding hydrogens is 504 g/mol. The molecule has 1 aliphatic rings. The standard InChI is InChI=1S/C31H52N6OS/c1-10-11-12-13-14-15-16-39-28-35-26(32-22-19-30(6,7)37-31(8,9)20-22)34-27(36-28)33-24-18-23(29(3,4)5)25(38)17-21(24)2/h17-18,22,37-38H,10-16,19-20H2,1-9H3,(H2,32,33,34,35,36). The van der Waals surface area contributed by atoms with E-state index in [4.69, 9.17) is 15.0 Å². The van der Waals surface area contributed by atoms with Gasteiger partial charge in [0, 0.05) is 34.1 Å². The highest BCUT2D eigenvalue weighted by atomic mass is 32.2. The first-order chi connectivity index (χ1) is 18.2. The Morgan fingerprint density at radius 3 is 2.21 bits per heavy atom. The quantitative estimate of drug-likeness (QED) is 0.118. The zero-order chi connectivity index (χ0) is 28.8. The van der Waals surface area contributed by atoms with Crippen molar-refractivity contribution >= 4 is 29.3 Å². The maximum absolute atomic E-state index is 10.6. The van der Waals surface area contributed by atoms with Gasteiger partial charge in [-0.15, -0.1) is 0 Å². The molecule has 39 heavy (non-hydrogen) atoms. The summed E-state index contributed by atoms with van der Waals surface area (Å²) in [7, 11) is 0. The number of hydrogen-bond acceptors (Lipinski definition) is 8. The van der Waals surface area contributed by atoms with E-state index in [-0.39, 0.29) is 22.5 Å². The smallest absolute Gasteiger partial charge is 0.233 e. The summed E-state index contributed by atoms with van der Waals surface area (Å²) in [5.74, 6) is 2.45. The molecule has 1 aromatic heterocycles. The molecule has 0 aliphatic carbocycles. The Kier molecular flexibility index (Phi) is 10.5. The van der Waals surface area contributed by atoms with Gasteiger partial charge in [-0.2, -0.15) is 15.0 Å². The fourth-order valence-electron chi connectivity index (χ4n) is 5.74. The first kappa shape index (κ1) is 31.5. The first-order valence-corrected chi connectivity index (χ1v) is 15.7. The number of rotatable bonds is 12. The average molecular weight is 557 g/mol. The van der Waals surface area contributed by atoms with E-state index in [1.54, 1.807) is 11.8 Å². The molecule has 0 amide bonds. The lowest BCUT2D eigenvalue weighted by Gasteiger charge is -2.46. The SMILES string of the molecule is CCCCCCCCSc1nc(Nc2cc(C(C)(C)C)c(O)cc2C)nc(NC2CC(C)(C)NC(C)(C)C2)n1. The highest BCUT2D eigenvalue weighted by Crippen LogP contribution is 2.36. The zero-order valence-corrected chi connectivity index (χ0v) is 26.6. The number of thioether (sulfide) groups is 1. The van der Waals surface area contributed by atoms with E-state index in [1.807, 2.05) is 19.1 Å². The van der Waals surface area contributed by atoms with Crippen LogP contribution in [0.2, 0.25) is 0 Å². The van der Waals surface area contributed by atoms with Crippen LogP contribution in [-0.2, 0) is 5.41 Å². The molecule has 1 saturated heterocycles. The van der Waals surface area contributed by atoms with Crippen LogP contribution in [0.1, 0.15) is 118 Å². The number of unbranched alkanes of at least 4 members (excludes halogenated alkanes) is 5. The number of hydrogen-bond donors (Lipinski definition) is 4. The largest absolute Gasteiger partial charge is 0.508 e. The van der Waals surface area contributed by atoms with Gasteiger partial charge in [-0.3, -0.25) is 0 Å². The van der Waals surface area contributed by atoms with Crippen LogP contribution in [0.4, 0.5) is 17.6 Å². The van der Waals surface area contributed by atoms with Crippen LogP contribution in [0.15, 0.2) is 17.3 Å². The highest BCUT2D eigenvalue weighted by Gasteiger charge is 2.38. The summed E-state index contributed by atoms with van der Waals surface area (Å²) in [6, 6.07) is 4.09. The first-order valence-electron chi connectivity index (χ1n) is 14.7. The number of piperidine rings is 1. The molecule has 0 saturated carbocycles. The number of anilines is 3. The number of aromatic nitrogens is 3. The van der Waals surface area contributed by atoms with Gasteiger partial charge in [0.15, 0.2) is 5.16 Å². The molecule has 7 nitrogen and oxygen atoms in total. The Morgan fingerprint density at radius 2 is 1.56 bits per heavy atom. The molecule has 2 heterocycles. The fourth-order valence-corrected chi connectivity index (χ4v) is 6.58. The molecule has 0 atom stereocenters. The van der Waals surface area contributed by atoms with Crippen molar-refractivity contribution in [1.82, 2.24) is 20.3 Å². The lowest BCUT2D eigenvalue weighted by molar-refractivity contribution is 0.170. The van der Waals surface area contributed by atoms with Gasteiger partial charge >= 0.3 is 0 Å². The van der Waals surface area contributed by atoms with Gasteiger partial charge in [0.1, 0.15) is 5.75 Å². The van der Waals surface area contributed by atoms with Crippen LogP contribution in [0, 0.1) is 6.92 Å². The van der Waals surface area contributed by atoms with Gasteiger partial charge in [-0.05, 0) is 77.0 Å². The molecule has 218 valence electrons. The third-order valence-corrected chi connectivity index (χ3v) is 8.20. The van der Waals surface area contributed by atoms with E-state index in [2.05, 4.69) is 71.3 Å². The van der Waals surface area contributed by atoms with Gasteiger partial charge < -0.3 is 21.1 Å². The molecule has 8 heteroatoms. The molecule has 1 fully saturated rings. The predicted octanol–water partition coefficient (Wildman–Crippen LogP) is 8.10. The van der Waals surface area contributed by atoms with Crippen LogP contribution in [0.25, 0.3) is 0 Å². The van der Waals surface area contributed by atoms with Crippen molar-refractivity contribution in [2.45, 2.75) is 141 Å². The van der Waals surface area contributed by atoms with Gasteiger partial charge in [0.2, 0.25) is 11.9 Å². The van der Waals surface area contributed by atoms with E-state index in [0.29, 0.717) is 17.6 Å². The van der Waals surface area contributed by atoms with Gasteiger partial charge in [0.25, 0.3) is 0 Å². The van der Waals surface area contributed by atoms with Crippen molar-refractivity contribution in [3.63, 3.8) is 0 Å². The predicted molar refractivity (Wildman–Crippen MR) is 167 cm³/mol. The molecule has 0 spiro atoms. The number of phenols is 1. The molecule has 3 rings (SSSR count). The minimum absolute atomic E-state index is 0.0232. The second-order valence-electron chi connectivity index (χ2n) is 13.6. The van der Waals surface area contributed by atoms with Crippen molar-refractivity contribution in [2.24, 2.45) is 0 Å². The maximum Gasteiger partial charge on any atom is 0.233 e. The number of nitrogens with zero attached hydrogens (tertiary/aromatic N) is 3. The van der Waals surface area contributed by atoms with Crippen LogP contribution < -0.4 is 16.0 Å². The Hall–Kier alpha value is -2.06. The third-order valence-electron chi connectivity index (χ3n) is 7.26. The Morgan fingerprint density at radius 1 is 0.949 bits per heavy atom. The van der Waals surface area contributed by atoms with E-state index in [1.165, 1.54) is 32.1 Å². The lowest BCUT2D eigenvalue weighted by atomic mass is 9.80. The van der Waals surface area contributed by atoms with Crippen molar-refractivity contribution < 1.29 is 5.11 Å². The van der Waals surface area contributed by atoms with Gasteiger partial charge in [-0.1, -0.05) is 71.6 Å². The summed E-state index contributed by atoms with van der Waals surface area (Å²) in [5, 5.41) is 22.2. The summed E-state index contributed by atoms with van der Waals surface area (Å²) in [5.41, 5.74) is 2.58. The van der Waals surface area contributed by atoms with E-state index < -0.39 is 0 Å². The summed E-state index contributed by atoms with van der Waals surface area (Å²) < 4.78 is 0. The van der Waals surface area contributed by atoms with E-state index >= 15 is 0 Å². The Labute approximate surface area is 241 Å². The second kappa shape index (κ2) is 13.1. The summed E-state index contributed by atoms with van der Waals surface area (Å²) in [6.07, 6.45) is 9.58. The molecule has 0 radical (unpaired) electrons. The summed E-state index contributed by atoms with van der Waals surface area (Å²) in [4.78, 5) is 14.4. The molecule has 2 aromatic rings. The molecular formula is C31H52N6OS. The third kappa shape index (κ3) is 9.82. The number of nitrogens with one attached hydrogen (secondary N) is 3. The van der Waals surface area contributed by atoms with Gasteiger partial charge in [-0.25, -0.2) is 0 Å². The van der Waals surface area contributed by atoms with Crippen molar-refractivity contribution in [1.29, 1.82) is 0 Å². The molecule has 1 aromatic carbocycles. The minimum atomic E-state index is -0.188. The van der Waals surface area contributed by atoms with Crippen molar-refractivity contribution in [2.75, 3.05) is 16.4 Å². The topological polar surface area (TPSA) is 95.0 Å². The summed E-state index contributed by atoms with van der Waals surface area (Å²) in [6.45, 7) is 19.6. The number of phenolic OH excluding ortho intramolecular Hbond substituents is 1. The van der Waals surface area contributed by atoms with Gasteiger partial charge in [0.05, 0.1) is 0 Å². The lowest BCUT2D eigenvalue weighted by Crippen LogP contribution is -2.60. The van der Waals surface area contributed by atoms with Crippen molar-refractivity contribution in [3.05, 3.63) is 23.3 Å². The Balaban J connectivity index is 1.83. The molecule has 0 unspecified atom stereocenters.